The molecule has 0 radical (unpaired) electrons. The van der Waals surface area contributed by atoms with Crippen molar-refractivity contribution in [1.29, 1.82) is 0 Å². The van der Waals surface area contributed by atoms with Gasteiger partial charge in [0.05, 0.1) is 6.54 Å². The Labute approximate surface area is 110 Å². The Balaban J connectivity index is 1.41. The Kier molecular flexibility index (Phi) is 2.46. The zero-order chi connectivity index (χ0) is 12.7. The van der Waals surface area contributed by atoms with E-state index in [9.17, 15) is 0 Å². The minimum absolute atomic E-state index is 0.502. The molecule has 19 heavy (non-hydrogen) atoms. The summed E-state index contributed by atoms with van der Waals surface area (Å²) in [5.41, 5.74) is 0. The Bertz CT molecular complexity index is 588. The predicted octanol–water partition coefficient (Wildman–Crippen LogP) is 2.23. The van der Waals surface area contributed by atoms with Crippen LogP contribution in [-0.4, -0.2) is 20.2 Å². The van der Waals surface area contributed by atoms with Crippen LogP contribution >= 0.6 is 0 Å². The summed E-state index contributed by atoms with van der Waals surface area (Å²) in [4.78, 5) is 8.78. The smallest absolute Gasteiger partial charge is 0.235 e. The number of nitrogens with one attached hydrogen (secondary N) is 1. The average molecular weight is 257 g/mol. The second-order valence-electron chi connectivity index (χ2n) is 5.24. The van der Waals surface area contributed by atoms with Crippen LogP contribution in [0, 0.1) is 0 Å². The number of rotatable bonds is 5. The molecule has 2 aliphatic carbocycles. The fraction of sp³-hybridized carbons (Fsp3) is 0.538. The average Bonchev–Trinajstić information content (AvgIpc) is 3.35. The van der Waals surface area contributed by atoms with Gasteiger partial charge in [-0.3, -0.25) is 0 Å². The molecule has 2 fully saturated rings. The first kappa shape index (κ1) is 10.9. The highest BCUT2D eigenvalue weighted by molar-refractivity contribution is 5.33. The molecule has 2 aliphatic rings. The molecule has 0 aliphatic heterocycles. The summed E-state index contributed by atoms with van der Waals surface area (Å²) in [6.07, 6.45) is 6.56. The van der Waals surface area contributed by atoms with Crippen molar-refractivity contribution in [3.05, 3.63) is 29.9 Å². The molecule has 1 N–H and O–H groups in total. The highest BCUT2D eigenvalue weighted by Gasteiger charge is 2.29. The molecule has 0 bridgehead atoms. The standard InChI is InChI=1S/C13H15N5O/c1-2-8(1)12-14-6-5-10(16-12)15-7-11-17-18-13(19-11)9-3-4-9/h5-6,8-9H,1-4,7H2,(H,14,15,16). The first-order chi connectivity index (χ1) is 9.38. The topological polar surface area (TPSA) is 76.7 Å². The van der Waals surface area contributed by atoms with Gasteiger partial charge in [0.2, 0.25) is 11.8 Å². The molecule has 6 nitrogen and oxygen atoms in total. The molecule has 0 saturated heterocycles. The first-order valence-corrected chi connectivity index (χ1v) is 6.77. The van der Waals surface area contributed by atoms with E-state index in [-0.39, 0.29) is 0 Å². The number of anilines is 1. The van der Waals surface area contributed by atoms with Crippen molar-refractivity contribution in [1.82, 2.24) is 20.2 Å². The molecule has 0 unspecified atom stereocenters. The van der Waals surface area contributed by atoms with Gasteiger partial charge in [0.25, 0.3) is 0 Å². The molecular weight excluding hydrogens is 242 g/mol. The monoisotopic (exact) mass is 257 g/mol. The maximum Gasteiger partial charge on any atom is 0.235 e. The molecule has 2 saturated carbocycles. The molecule has 6 heteroatoms. The van der Waals surface area contributed by atoms with E-state index < -0.39 is 0 Å². The van der Waals surface area contributed by atoms with Crippen LogP contribution in [0.5, 0.6) is 0 Å². The minimum atomic E-state index is 0.502. The fourth-order valence-electron chi connectivity index (χ4n) is 2.01. The molecule has 0 aromatic carbocycles. The summed E-state index contributed by atoms with van der Waals surface area (Å²) >= 11 is 0. The summed E-state index contributed by atoms with van der Waals surface area (Å²) < 4.78 is 5.59. The van der Waals surface area contributed by atoms with Crippen molar-refractivity contribution in [3.8, 4) is 0 Å². The van der Waals surface area contributed by atoms with Crippen molar-refractivity contribution in [3.63, 3.8) is 0 Å². The number of hydrogen-bond acceptors (Lipinski definition) is 6. The molecular formula is C13H15N5O. The Morgan fingerprint density at radius 1 is 1.16 bits per heavy atom. The predicted molar refractivity (Wildman–Crippen MR) is 67.6 cm³/mol. The summed E-state index contributed by atoms with van der Waals surface area (Å²) in [7, 11) is 0. The summed E-state index contributed by atoms with van der Waals surface area (Å²) in [6.45, 7) is 0.515. The van der Waals surface area contributed by atoms with Crippen LogP contribution in [0.1, 0.15) is 55.1 Å². The van der Waals surface area contributed by atoms with Crippen molar-refractivity contribution < 1.29 is 4.42 Å². The second kappa shape index (κ2) is 4.29. The van der Waals surface area contributed by atoms with E-state index in [4.69, 9.17) is 4.42 Å². The summed E-state index contributed by atoms with van der Waals surface area (Å²) in [5.74, 6) is 4.22. The second-order valence-corrected chi connectivity index (χ2v) is 5.24. The summed E-state index contributed by atoms with van der Waals surface area (Å²) in [6, 6.07) is 1.87. The van der Waals surface area contributed by atoms with Gasteiger partial charge in [-0.05, 0) is 31.7 Å². The van der Waals surface area contributed by atoms with Crippen LogP contribution in [0.25, 0.3) is 0 Å². The Hall–Kier alpha value is -1.98. The van der Waals surface area contributed by atoms with Gasteiger partial charge in [-0.2, -0.15) is 0 Å². The SMILES string of the molecule is c1cc(NCc2nnc(C3CC3)o2)nc(C2CC2)n1. The Morgan fingerprint density at radius 2 is 2.00 bits per heavy atom. The van der Waals surface area contributed by atoms with Gasteiger partial charge in [-0.25, -0.2) is 9.97 Å². The van der Waals surface area contributed by atoms with E-state index in [2.05, 4.69) is 25.5 Å². The third kappa shape index (κ3) is 2.43. The van der Waals surface area contributed by atoms with Gasteiger partial charge in [0.1, 0.15) is 11.6 Å². The van der Waals surface area contributed by atoms with Gasteiger partial charge in [-0.15, -0.1) is 10.2 Å². The van der Waals surface area contributed by atoms with Gasteiger partial charge < -0.3 is 9.73 Å². The van der Waals surface area contributed by atoms with E-state index in [0.29, 0.717) is 24.3 Å². The molecule has 0 spiro atoms. The molecule has 2 heterocycles. The maximum atomic E-state index is 5.59. The fourth-order valence-corrected chi connectivity index (χ4v) is 2.01. The molecule has 0 amide bonds. The van der Waals surface area contributed by atoms with Gasteiger partial charge >= 0.3 is 0 Å². The van der Waals surface area contributed by atoms with Crippen LogP contribution in [0.3, 0.4) is 0 Å². The Morgan fingerprint density at radius 3 is 2.79 bits per heavy atom. The van der Waals surface area contributed by atoms with Crippen LogP contribution in [0.4, 0.5) is 5.82 Å². The van der Waals surface area contributed by atoms with Crippen molar-refractivity contribution in [2.45, 2.75) is 44.1 Å². The van der Waals surface area contributed by atoms with Gasteiger partial charge in [-0.1, -0.05) is 0 Å². The van der Waals surface area contributed by atoms with E-state index in [0.717, 1.165) is 17.5 Å². The lowest BCUT2D eigenvalue weighted by molar-refractivity contribution is 0.457. The van der Waals surface area contributed by atoms with Crippen LogP contribution in [0.15, 0.2) is 16.7 Å². The van der Waals surface area contributed by atoms with Gasteiger partial charge in [0.15, 0.2) is 0 Å². The van der Waals surface area contributed by atoms with Crippen LogP contribution in [-0.2, 0) is 6.54 Å². The van der Waals surface area contributed by atoms with E-state index >= 15 is 0 Å². The van der Waals surface area contributed by atoms with Crippen LogP contribution < -0.4 is 5.32 Å². The number of nitrogens with zero attached hydrogens (tertiary/aromatic N) is 4. The third-order valence-electron chi connectivity index (χ3n) is 3.45. The van der Waals surface area contributed by atoms with E-state index in [1.165, 1.54) is 25.7 Å². The summed E-state index contributed by atoms with van der Waals surface area (Å²) in [5, 5.41) is 11.3. The molecule has 4 rings (SSSR count). The highest BCUT2D eigenvalue weighted by atomic mass is 16.4. The zero-order valence-electron chi connectivity index (χ0n) is 10.5. The van der Waals surface area contributed by atoms with Gasteiger partial charge in [0, 0.05) is 18.0 Å². The third-order valence-corrected chi connectivity index (χ3v) is 3.45. The lowest BCUT2D eigenvalue weighted by Gasteiger charge is -2.03. The minimum Gasteiger partial charge on any atom is -0.423 e. The lowest BCUT2D eigenvalue weighted by atomic mass is 10.4. The van der Waals surface area contributed by atoms with Crippen molar-refractivity contribution in [2.24, 2.45) is 0 Å². The van der Waals surface area contributed by atoms with Crippen LogP contribution in [0.2, 0.25) is 0 Å². The maximum absolute atomic E-state index is 5.59. The van der Waals surface area contributed by atoms with E-state index in [1.807, 2.05) is 6.07 Å². The number of hydrogen-bond donors (Lipinski definition) is 1. The lowest BCUT2D eigenvalue weighted by Crippen LogP contribution is -2.03. The first-order valence-electron chi connectivity index (χ1n) is 6.77. The molecule has 2 aromatic heterocycles. The normalized spacial score (nSPS) is 18.5. The quantitative estimate of drug-likeness (QED) is 0.885. The molecule has 0 atom stereocenters. The largest absolute Gasteiger partial charge is 0.423 e. The molecule has 98 valence electrons. The zero-order valence-corrected chi connectivity index (χ0v) is 10.5. The van der Waals surface area contributed by atoms with Crippen molar-refractivity contribution in [2.75, 3.05) is 5.32 Å². The van der Waals surface area contributed by atoms with Crippen molar-refractivity contribution >= 4 is 5.82 Å². The molecule has 2 aromatic rings. The highest BCUT2D eigenvalue weighted by Crippen LogP contribution is 2.39. The number of aromatic nitrogens is 4. The van der Waals surface area contributed by atoms with E-state index in [1.54, 1.807) is 6.20 Å².